The lowest BCUT2D eigenvalue weighted by Crippen LogP contribution is -2.14. The zero-order valence-electron chi connectivity index (χ0n) is 14.5. The Morgan fingerprint density at radius 1 is 1.30 bits per heavy atom. The average Bonchev–Trinajstić information content (AvgIpc) is 3.41. The highest BCUT2D eigenvalue weighted by molar-refractivity contribution is 7.94. The van der Waals surface area contributed by atoms with Crippen LogP contribution in [0.25, 0.3) is 16.6 Å². The van der Waals surface area contributed by atoms with Crippen molar-refractivity contribution in [2.75, 3.05) is 4.72 Å². The smallest absolute Gasteiger partial charge is 0.272 e. The molecule has 0 unspecified atom stereocenters. The molecule has 0 bridgehead atoms. The molecule has 0 radical (unpaired) electrons. The van der Waals surface area contributed by atoms with Crippen molar-refractivity contribution in [3.63, 3.8) is 0 Å². The van der Waals surface area contributed by atoms with Crippen molar-refractivity contribution < 1.29 is 12.8 Å². The van der Waals surface area contributed by atoms with E-state index in [9.17, 15) is 8.42 Å². The zero-order chi connectivity index (χ0) is 19.0. The highest BCUT2D eigenvalue weighted by atomic mass is 32.2. The molecule has 1 N–H and O–H groups in total. The topological polar surface area (TPSA) is 90.0 Å². The van der Waals surface area contributed by atoms with Crippen LogP contribution in [0.2, 0.25) is 0 Å². The highest BCUT2D eigenvalue weighted by Crippen LogP contribution is 2.29. The number of anilines is 1. The predicted octanol–water partition coefficient (Wildman–Crippen LogP) is 4.32. The third-order valence-corrected chi connectivity index (χ3v) is 7.66. The molecule has 0 aliphatic rings. The number of sulfonamides is 1. The minimum absolute atomic E-state index is 0.278. The van der Waals surface area contributed by atoms with E-state index in [0.29, 0.717) is 28.1 Å². The second-order valence-corrected chi connectivity index (χ2v) is 9.67. The third kappa shape index (κ3) is 3.55. The van der Waals surface area contributed by atoms with Gasteiger partial charge >= 0.3 is 0 Å². The van der Waals surface area contributed by atoms with Crippen LogP contribution < -0.4 is 4.72 Å². The molecular weight excluding hydrogens is 404 g/mol. The summed E-state index contributed by atoms with van der Waals surface area (Å²) in [5.41, 5.74) is 1.36. The van der Waals surface area contributed by atoms with Gasteiger partial charge in [0.05, 0.1) is 12.0 Å². The SMILES string of the molecule is CCc1ccc(S(=O)(=O)Nc2cc(C)nn2-c2nc(-c3ccco3)cs2)s1. The quantitative estimate of drug-likeness (QED) is 0.502. The van der Waals surface area contributed by atoms with Gasteiger partial charge in [-0.2, -0.15) is 9.78 Å². The fraction of sp³-hybridized carbons (Fsp3) is 0.176. The lowest BCUT2D eigenvalue weighted by Gasteiger charge is -2.07. The Bertz CT molecular complexity index is 1170. The molecular formula is C17H16N4O3S3. The number of hydrogen-bond acceptors (Lipinski definition) is 7. The molecule has 0 aliphatic carbocycles. The van der Waals surface area contributed by atoms with Gasteiger partial charge in [-0.1, -0.05) is 6.92 Å². The van der Waals surface area contributed by atoms with Crippen molar-refractivity contribution in [3.8, 4) is 16.6 Å². The van der Waals surface area contributed by atoms with Crippen LogP contribution in [-0.4, -0.2) is 23.2 Å². The Hall–Kier alpha value is -2.43. The molecule has 0 saturated heterocycles. The Labute approximate surface area is 164 Å². The van der Waals surface area contributed by atoms with Crippen LogP contribution in [0.4, 0.5) is 5.82 Å². The van der Waals surface area contributed by atoms with Gasteiger partial charge in [0.1, 0.15) is 15.7 Å². The van der Waals surface area contributed by atoms with Crippen LogP contribution in [0.1, 0.15) is 17.5 Å². The van der Waals surface area contributed by atoms with Crippen molar-refractivity contribution in [2.24, 2.45) is 0 Å². The molecule has 7 nitrogen and oxygen atoms in total. The van der Waals surface area contributed by atoms with E-state index < -0.39 is 10.0 Å². The summed E-state index contributed by atoms with van der Waals surface area (Å²) in [4.78, 5) is 5.53. The number of rotatable bonds is 6. The molecule has 27 heavy (non-hydrogen) atoms. The average molecular weight is 421 g/mol. The summed E-state index contributed by atoms with van der Waals surface area (Å²) in [6, 6.07) is 8.74. The molecule has 0 amide bonds. The van der Waals surface area contributed by atoms with E-state index in [4.69, 9.17) is 4.42 Å². The van der Waals surface area contributed by atoms with Crippen LogP contribution in [0.5, 0.6) is 0 Å². The number of furan rings is 1. The van der Waals surface area contributed by atoms with Gasteiger partial charge in [-0.3, -0.25) is 4.72 Å². The number of aryl methyl sites for hydroxylation is 2. The predicted molar refractivity (Wildman–Crippen MR) is 106 cm³/mol. The highest BCUT2D eigenvalue weighted by Gasteiger charge is 2.21. The maximum Gasteiger partial charge on any atom is 0.272 e. The summed E-state index contributed by atoms with van der Waals surface area (Å²) in [6.45, 7) is 3.79. The molecule has 4 aromatic rings. The molecule has 4 aromatic heterocycles. The van der Waals surface area contributed by atoms with Gasteiger partial charge in [-0.15, -0.1) is 22.7 Å². The molecule has 0 fully saturated rings. The lowest BCUT2D eigenvalue weighted by molar-refractivity contribution is 0.580. The van der Waals surface area contributed by atoms with Gasteiger partial charge in [0.2, 0.25) is 5.13 Å². The van der Waals surface area contributed by atoms with Gasteiger partial charge in [0, 0.05) is 16.3 Å². The number of nitrogens with zero attached hydrogens (tertiary/aromatic N) is 3. The first-order valence-electron chi connectivity index (χ1n) is 8.14. The first kappa shape index (κ1) is 18.0. The minimum Gasteiger partial charge on any atom is -0.463 e. The van der Waals surface area contributed by atoms with E-state index in [1.54, 1.807) is 31.4 Å². The molecule has 0 aliphatic heterocycles. The van der Waals surface area contributed by atoms with Gasteiger partial charge in [0.25, 0.3) is 10.0 Å². The lowest BCUT2D eigenvalue weighted by atomic mass is 10.4. The minimum atomic E-state index is -3.69. The van der Waals surface area contributed by atoms with Gasteiger partial charge in [-0.25, -0.2) is 13.4 Å². The molecule has 0 spiro atoms. The molecule has 0 aromatic carbocycles. The summed E-state index contributed by atoms with van der Waals surface area (Å²) < 4.78 is 35.3. The summed E-state index contributed by atoms with van der Waals surface area (Å²) in [5, 5.41) is 6.78. The first-order chi connectivity index (χ1) is 13.0. The maximum absolute atomic E-state index is 12.7. The third-order valence-electron chi connectivity index (χ3n) is 3.77. The van der Waals surface area contributed by atoms with Crippen LogP contribution in [0, 0.1) is 6.92 Å². The monoisotopic (exact) mass is 420 g/mol. The normalized spacial score (nSPS) is 11.8. The van der Waals surface area contributed by atoms with Crippen LogP contribution in [0.3, 0.4) is 0 Å². The van der Waals surface area contributed by atoms with Crippen molar-refractivity contribution >= 4 is 38.5 Å². The second kappa shape index (κ2) is 6.95. The molecule has 0 saturated carbocycles. The van der Waals surface area contributed by atoms with Gasteiger partial charge in [0.15, 0.2) is 5.76 Å². The van der Waals surface area contributed by atoms with Crippen LogP contribution >= 0.6 is 22.7 Å². The van der Waals surface area contributed by atoms with Crippen molar-refractivity contribution in [1.29, 1.82) is 0 Å². The molecule has 4 heterocycles. The number of aromatic nitrogens is 3. The Morgan fingerprint density at radius 3 is 2.85 bits per heavy atom. The largest absolute Gasteiger partial charge is 0.463 e. The number of nitrogens with one attached hydrogen (secondary N) is 1. The van der Waals surface area contributed by atoms with Crippen LogP contribution in [-0.2, 0) is 16.4 Å². The standard InChI is InChI=1S/C17H16N4O3S3/c1-3-12-6-7-16(26-12)27(22,23)20-15-9-11(2)19-21(15)17-18-13(10-25-17)14-5-4-8-24-14/h4-10,20H,3H2,1-2H3. The number of thiophene rings is 1. The van der Waals surface area contributed by atoms with Crippen molar-refractivity contribution in [3.05, 3.63) is 52.5 Å². The van der Waals surface area contributed by atoms with Crippen molar-refractivity contribution in [1.82, 2.24) is 14.8 Å². The summed E-state index contributed by atoms with van der Waals surface area (Å²) in [7, 11) is -3.69. The Kier molecular flexibility index (Phi) is 4.62. The van der Waals surface area contributed by atoms with E-state index in [1.165, 1.54) is 27.4 Å². The molecule has 140 valence electrons. The van der Waals surface area contributed by atoms with E-state index >= 15 is 0 Å². The van der Waals surface area contributed by atoms with E-state index in [1.807, 2.05) is 24.4 Å². The van der Waals surface area contributed by atoms with E-state index in [2.05, 4.69) is 14.8 Å². The summed E-state index contributed by atoms with van der Waals surface area (Å²) in [6.07, 6.45) is 2.38. The van der Waals surface area contributed by atoms with Crippen LogP contribution in [0.15, 0.2) is 50.6 Å². The number of hydrogen-bond donors (Lipinski definition) is 1. The first-order valence-corrected chi connectivity index (χ1v) is 11.3. The van der Waals surface area contributed by atoms with Gasteiger partial charge < -0.3 is 4.42 Å². The fourth-order valence-corrected chi connectivity index (χ4v) is 5.60. The maximum atomic E-state index is 12.7. The van der Waals surface area contributed by atoms with Crippen molar-refractivity contribution in [2.45, 2.75) is 24.5 Å². The molecule has 4 rings (SSSR count). The van der Waals surface area contributed by atoms with Gasteiger partial charge in [-0.05, 0) is 37.6 Å². The molecule has 10 heteroatoms. The zero-order valence-corrected chi connectivity index (χ0v) is 17.0. The number of thiazole rings is 1. The van der Waals surface area contributed by atoms with E-state index in [-0.39, 0.29) is 4.21 Å². The summed E-state index contributed by atoms with van der Waals surface area (Å²) in [5.74, 6) is 0.994. The van der Waals surface area contributed by atoms with E-state index in [0.717, 1.165) is 11.3 Å². The Morgan fingerprint density at radius 2 is 2.15 bits per heavy atom. The summed E-state index contributed by atoms with van der Waals surface area (Å²) >= 11 is 2.62. The Balaban J connectivity index is 1.67. The second-order valence-electron chi connectivity index (χ2n) is 5.76. The molecule has 0 atom stereocenters. The fourth-order valence-electron chi connectivity index (χ4n) is 2.50.